The van der Waals surface area contributed by atoms with Crippen LogP contribution >= 0.6 is 0 Å². The summed E-state index contributed by atoms with van der Waals surface area (Å²) in [5, 5.41) is 9.86. The number of carbonyl (C=O) groups is 1. The van der Waals surface area contributed by atoms with Crippen molar-refractivity contribution in [2.45, 2.75) is 39.5 Å². The van der Waals surface area contributed by atoms with Crippen molar-refractivity contribution in [1.82, 2.24) is 14.5 Å². The molecule has 0 aliphatic rings. The number of aliphatic carboxylic acids is 1. The predicted octanol–water partition coefficient (Wildman–Crippen LogP) is 2.11. The monoisotopic (exact) mass is 261 g/mol. The van der Waals surface area contributed by atoms with Crippen LogP contribution in [-0.4, -0.2) is 25.6 Å². The van der Waals surface area contributed by atoms with Gasteiger partial charge in [0.25, 0.3) is 0 Å². The molecular weight excluding hydrogens is 242 g/mol. The first-order valence-corrected chi connectivity index (χ1v) is 6.62. The smallest absolute Gasteiger partial charge is 0.303 e. The number of aryl methyl sites for hydroxylation is 4. The molecule has 5 heteroatoms. The van der Waals surface area contributed by atoms with Crippen molar-refractivity contribution in [3.05, 3.63) is 23.3 Å². The van der Waals surface area contributed by atoms with Gasteiger partial charge in [0.05, 0.1) is 5.69 Å². The molecule has 0 saturated carbocycles. The summed E-state index contributed by atoms with van der Waals surface area (Å²) in [6.45, 7) is 4.10. The third-order valence-electron chi connectivity index (χ3n) is 3.28. The molecule has 0 bridgehead atoms. The molecule has 0 amide bonds. The number of carboxylic acids is 1. The van der Waals surface area contributed by atoms with Crippen molar-refractivity contribution < 1.29 is 9.90 Å². The normalized spacial score (nSPS) is 11.1. The lowest BCUT2D eigenvalue weighted by Crippen LogP contribution is -2.02. The highest BCUT2D eigenvalue weighted by atomic mass is 16.4. The molecule has 2 aromatic heterocycles. The summed E-state index contributed by atoms with van der Waals surface area (Å²) in [4.78, 5) is 19.9. The molecule has 0 radical (unpaired) electrons. The standard InChI is InChI=1S/C14H19N3O2/c1-4-10-13-9(6-7-12(18)19)8-17(3)14(13)16-11(5-2)15-10/h8H,4-7H2,1-3H3,(H,18,19). The van der Waals surface area contributed by atoms with Gasteiger partial charge in [0.15, 0.2) is 0 Å². The maximum atomic E-state index is 10.7. The maximum Gasteiger partial charge on any atom is 0.303 e. The van der Waals surface area contributed by atoms with E-state index in [-0.39, 0.29) is 6.42 Å². The highest BCUT2D eigenvalue weighted by molar-refractivity contribution is 5.83. The van der Waals surface area contributed by atoms with Gasteiger partial charge in [-0.1, -0.05) is 13.8 Å². The number of hydrogen-bond acceptors (Lipinski definition) is 3. The van der Waals surface area contributed by atoms with Crippen LogP contribution in [0.4, 0.5) is 0 Å². The first-order chi connectivity index (χ1) is 9.06. The van der Waals surface area contributed by atoms with E-state index in [1.54, 1.807) is 0 Å². The summed E-state index contributed by atoms with van der Waals surface area (Å²) >= 11 is 0. The van der Waals surface area contributed by atoms with Crippen molar-refractivity contribution >= 4 is 17.0 Å². The van der Waals surface area contributed by atoms with Crippen LogP contribution in [0.5, 0.6) is 0 Å². The van der Waals surface area contributed by atoms with Gasteiger partial charge in [-0.25, -0.2) is 9.97 Å². The SMILES string of the molecule is CCc1nc(CC)c2c(CCC(=O)O)cn(C)c2n1. The molecule has 2 rings (SSSR count). The fraction of sp³-hybridized carbons (Fsp3) is 0.500. The molecule has 19 heavy (non-hydrogen) atoms. The zero-order valence-corrected chi connectivity index (χ0v) is 11.6. The number of nitrogens with zero attached hydrogens (tertiary/aromatic N) is 3. The summed E-state index contributed by atoms with van der Waals surface area (Å²) in [5.41, 5.74) is 2.95. The van der Waals surface area contributed by atoms with E-state index in [1.165, 1.54) is 0 Å². The molecule has 0 saturated heterocycles. The van der Waals surface area contributed by atoms with Crippen LogP contribution in [0.3, 0.4) is 0 Å². The molecule has 0 aliphatic carbocycles. The predicted molar refractivity (Wildman–Crippen MR) is 73.2 cm³/mol. The maximum absolute atomic E-state index is 10.7. The number of rotatable bonds is 5. The molecule has 0 fully saturated rings. The Morgan fingerprint density at radius 3 is 2.63 bits per heavy atom. The molecule has 2 aromatic rings. The Bertz CT molecular complexity index is 617. The first kappa shape index (κ1) is 13.5. The van der Waals surface area contributed by atoms with E-state index in [2.05, 4.69) is 16.9 Å². The fourth-order valence-corrected chi connectivity index (χ4v) is 2.33. The Hall–Kier alpha value is -1.91. The zero-order valence-electron chi connectivity index (χ0n) is 11.6. The van der Waals surface area contributed by atoms with Crippen molar-refractivity contribution in [3.63, 3.8) is 0 Å². The summed E-state index contributed by atoms with van der Waals surface area (Å²) in [5.74, 6) is 0.0662. The molecule has 0 spiro atoms. The van der Waals surface area contributed by atoms with Gasteiger partial charge < -0.3 is 9.67 Å². The lowest BCUT2D eigenvalue weighted by molar-refractivity contribution is -0.136. The van der Waals surface area contributed by atoms with Gasteiger partial charge in [-0.3, -0.25) is 4.79 Å². The Labute approximate surface area is 112 Å². The molecule has 102 valence electrons. The van der Waals surface area contributed by atoms with Crippen molar-refractivity contribution in [3.8, 4) is 0 Å². The fourth-order valence-electron chi connectivity index (χ4n) is 2.33. The van der Waals surface area contributed by atoms with E-state index < -0.39 is 5.97 Å². The van der Waals surface area contributed by atoms with Gasteiger partial charge in [-0.15, -0.1) is 0 Å². The summed E-state index contributed by atoms with van der Waals surface area (Å²) in [6, 6.07) is 0. The second-order valence-electron chi connectivity index (χ2n) is 4.65. The zero-order chi connectivity index (χ0) is 14.0. The molecular formula is C14H19N3O2. The quantitative estimate of drug-likeness (QED) is 0.895. The number of fused-ring (bicyclic) bond motifs is 1. The van der Waals surface area contributed by atoms with Crippen LogP contribution in [0.1, 0.15) is 37.4 Å². The number of carboxylic acid groups (broad SMARTS) is 1. The minimum Gasteiger partial charge on any atom is -0.481 e. The molecule has 1 N–H and O–H groups in total. The Kier molecular flexibility index (Phi) is 3.83. The van der Waals surface area contributed by atoms with E-state index in [9.17, 15) is 4.79 Å². The Balaban J connectivity index is 2.57. The third-order valence-corrected chi connectivity index (χ3v) is 3.28. The lowest BCUT2D eigenvalue weighted by atomic mass is 10.1. The summed E-state index contributed by atoms with van der Waals surface area (Å²) in [6.07, 6.45) is 4.27. The highest BCUT2D eigenvalue weighted by Crippen LogP contribution is 2.24. The molecule has 0 aliphatic heterocycles. The van der Waals surface area contributed by atoms with Gasteiger partial charge in [0.2, 0.25) is 0 Å². The van der Waals surface area contributed by atoms with Crippen LogP contribution < -0.4 is 0 Å². The number of aromatic nitrogens is 3. The largest absolute Gasteiger partial charge is 0.481 e. The van der Waals surface area contributed by atoms with Crippen molar-refractivity contribution in [1.29, 1.82) is 0 Å². The van der Waals surface area contributed by atoms with Crippen LogP contribution in [0.2, 0.25) is 0 Å². The summed E-state index contributed by atoms with van der Waals surface area (Å²) in [7, 11) is 1.94. The topological polar surface area (TPSA) is 68.0 Å². The summed E-state index contributed by atoms with van der Waals surface area (Å²) < 4.78 is 1.96. The Morgan fingerprint density at radius 2 is 2.05 bits per heavy atom. The van der Waals surface area contributed by atoms with Crippen LogP contribution in [0, 0.1) is 0 Å². The minimum absolute atomic E-state index is 0.137. The van der Waals surface area contributed by atoms with Gasteiger partial charge in [0.1, 0.15) is 11.5 Å². The van der Waals surface area contributed by atoms with Crippen molar-refractivity contribution in [2.75, 3.05) is 0 Å². The molecule has 2 heterocycles. The van der Waals surface area contributed by atoms with E-state index in [4.69, 9.17) is 5.11 Å². The van der Waals surface area contributed by atoms with Crippen molar-refractivity contribution in [2.24, 2.45) is 7.05 Å². The second-order valence-corrected chi connectivity index (χ2v) is 4.65. The van der Waals surface area contributed by atoms with Gasteiger partial charge in [-0.05, 0) is 18.4 Å². The van der Waals surface area contributed by atoms with Gasteiger partial charge in [0, 0.05) is 31.5 Å². The molecule has 0 aromatic carbocycles. The van der Waals surface area contributed by atoms with E-state index in [0.29, 0.717) is 6.42 Å². The minimum atomic E-state index is -0.777. The van der Waals surface area contributed by atoms with E-state index in [1.807, 2.05) is 24.7 Å². The molecule has 0 atom stereocenters. The second kappa shape index (κ2) is 5.38. The van der Waals surface area contributed by atoms with Gasteiger partial charge in [-0.2, -0.15) is 0 Å². The Morgan fingerprint density at radius 1 is 1.32 bits per heavy atom. The van der Waals surface area contributed by atoms with E-state index >= 15 is 0 Å². The molecule has 0 unspecified atom stereocenters. The highest BCUT2D eigenvalue weighted by Gasteiger charge is 2.15. The van der Waals surface area contributed by atoms with Crippen LogP contribution in [0.25, 0.3) is 11.0 Å². The van der Waals surface area contributed by atoms with Crippen LogP contribution in [0.15, 0.2) is 6.20 Å². The van der Waals surface area contributed by atoms with Gasteiger partial charge >= 0.3 is 5.97 Å². The number of hydrogen-bond donors (Lipinski definition) is 1. The first-order valence-electron chi connectivity index (χ1n) is 6.62. The lowest BCUT2D eigenvalue weighted by Gasteiger charge is -2.05. The average molecular weight is 261 g/mol. The third kappa shape index (κ3) is 2.59. The average Bonchev–Trinajstić information content (AvgIpc) is 2.72. The van der Waals surface area contributed by atoms with Crippen LogP contribution in [-0.2, 0) is 31.1 Å². The molecule has 5 nitrogen and oxygen atoms in total. The van der Waals surface area contributed by atoms with E-state index in [0.717, 1.165) is 41.0 Å².